The van der Waals surface area contributed by atoms with Crippen LogP contribution in [0, 0.1) is 5.92 Å². The second-order valence-electron chi connectivity index (χ2n) is 7.29. The Morgan fingerprint density at radius 3 is 2.48 bits per heavy atom. The quantitative estimate of drug-likeness (QED) is 0.398. The monoisotopic (exact) mass is 415 g/mol. The second kappa shape index (κ2) is 10.2. The van der Waals surface area contributed by atoms with E-state index < -0.39 is 0 Å². The average Bonchev–Trinajstić information content (AvgIpc) is 2.73. The fraction of sp³-hybridized carbons (Fsp3) is 0.364. The Morgan fingerprint density at radius 2 is 1.76 bits per heavy atom. The highest BCUT2D eigenvalue weighted by atomic mass is 35.5. The van der Waals surface area contributed by atoms with E-state index in [1.807, 2.05) is 30.3 Å². The van der Waals surface area contributed by atoms with Crippen molar-refractivity contribution in [2.45, 2.75) is 38.5 Å². The Labute approximate surface area is 175 Å². The van der Waals surface area contributed by atoms with E-state index in [0.717, 1.165) is 37.7 Å². The number of phenols is 1. The third-order valence-electron chi connectivity index (χ3n) is 5.10. The van der Waals surface area contributed by atoms with Crippen LogP contribution in [0.3, 0.4) is 0 Å². The Morgan fingerprint density at radius 1 is 1.03 bits per heavy atom. The first kappa shape index (κ1) is 21.0. The highest BCUT2D eigenvalue weighted by Gasteiger charge is 2.22. The topological polar surface area (TPSA) is 90.5 Å². The summed E-state index contributed by atoms with van der Waals surface area (Å²) in [4.78, 5) is 24.6. The molecule has 6 nitrogen and oxygen atoms in total. The van der Waals surface area contributed by atoms with E-state index in [0.29, 0.717) is 18.7 Å². The third kappa shape index (κ3) is 6.12. The number of nitrogens with one attached hydrogen (secondary N) is 3. The van der Waals surface area contributed by atoms with Crippen molar-refractivity contribution < 1.29 is 14.7 Å². The van der Waals surface area contributed by atoms with Crippen molar-refractivity contribution in [1.82, 2.24) is 5.32 Å². The van der Waals surface area contributed by atoms with Crippen molar-refractivity contribution in [1.29, 1.82) is 0 Å². The van der Waals surface area contributed by atoms with Crippen LogP contribution in [0.5, 0.6) is 5.75 Å². The molecule has 4 N–H and O–H groups in total. The predicted molar refractivity (Wildman–Crippen MR) is 115 cm³/mol. The molecule has 0 bridgehead atoms. The third-order valence-corrected chi connectivity index (χ3v) is 5.39. The first-order valence-electron chi connectivity index (χ1n) is 9.95. The zero-order valence-corrected chi connectivity index (χ0v) is 17.0. The second-order valence-corrected chi connectivity index (χ2v) is 7.70. The van der Waals surface area contributed by atoms with Gasteiger partial charge in [-0.2, -0.15) is 0 Å². The molecular formula is C22H26ClN3O3. The van der Waals surface area contributed by atoms with Crippen LogP contribution in [0.4, 0.5) is 16.2 Å². The zero-order chi connectivity index (χ0) is 20.6. The molecule has 2 aromatic rings. The molecule has 0 aromatic heterocycles. The summed E-state index contributed by atoms with van der Waals surface area (Å²) in [5, 5.41) is 18.5. The lowest BCUT2D eigenvalue weighted by atomic mass is 9.88. The highest BCUT2D eigenvalue weighted by Crippen LogP contribution is 2.36. The van der Waals surface area contributed by atoms with E-state index in [4.69, 9.17) is 11.6 Å². The number of amides is 3. The largest absolute Gasteiger partial charge is 0.504 e. The molecule has 2 aromatic carbocycles. The van der Waals surface area contributed by atoms with Gasteiger partial charge in [-0.1, -0.05) is 61.2 Å². The molecule has 1 aliphatic rings. The molecular weight excluding hydrogens is 390 g/mol. The van der Waals surface area contributed by atoms with Crippen LogP contribution in [-0.4, -0.2) is 23.6 Å². The highest BCUT2D eigenvalue weighted by molar-refractivity contribution is 6.33. The Hall–Kier alpha value is -2.73. The van der Waals surface area contributed by atoms with E-state index in [-0.39, 0.29) is 34.3 Å². The molecule has 0 radical (unpaired) electrons. The van der Waals surface area contributed by atoms with Gasteiger partial charge in [0.2, 0.25) is 5.91 Å². The maximum absolute atomic E-state index is 12.5. The molecule has 3 amide bonds. The number of carbonyl (C=O) groups excluding carboxylic acids is 2. The Balaban J connectivity index is 1.57. The van der Waals surface area contributed by atoms with Gasteiger partial charge in [-0.25, -0.2) is 4.79 Å². The van der Waals surface area contributed by atoms with E-state index in [2.05, 4.69) is 16.0 Å². The molecule has 1 fully saturated rings. The molecule has 0 unspecified atom stereocenters. The number of aromatic hydroxyl groups is 1. The molecule has 0 saturated heterocycles. The van der Waals surface area contributed by atoms with Crippen LogP contribution in [0.1, 0.15) is 37.7 Å². The minimum atomic E-state index is -0.382. The number of benzene rings is 2. The van der Waals surface area contributed by atoms with Crippen molar-refractivity contribution in [3.05, 3.63) is 53.1 Å². The molecule has 3 rings (SSSR count). The number of rotatable bonds is 6. The van der Waals surface area contributed by atoms with Gasteiger partial charge in [-0.15, -0.1) is 0 Å². The summed E-state index contributed by atoms with van der Waals surface area (Å²) in [5.41, 5.74) is 1.73. The summed E-state index contributed by atoms with van der Waals surface area (Å²) >= 11 is 6.08. The minimum Gasteiger partial charge on any atom is -0.504 e. The van der Waals surface area contributed by atoms with E-state index in [1.54, 1.807) is 0 Å². The van der Waals surface area contributed by atoms with Gasteiger partial charge >= 0.3 is 6.03 Å². The van der Waals surface area contributed by atoms with E-state index in [1.165, 1.54) is 12.1 Å². The van der Waals surface area contributed by atoms with Gasteiger partial charge < -0.3 is 21.1 Å². The van der Waals surface area contributed by atoms with Gasteiger partial charge in [-0.05, 0) is 37.0 Å². The molecule has 7 heteroatoms. The normalized spacial score (nSPS) is 14.2. The molecule has 0 heterocycles. The van der Waals surface area contributed by atoms with Gasteiger partial charge in [0.1, 0.15) is 0 Å². The summed E-state index contributed by atoms with van der Waals surface area (Å²) in [6.07, 6.45) is 5.64. The Kier molecular flexibility index (Phi) is 7.36. The molecule has 154 valence electrons. The van der Waals surface area contributed by atoms with Gasteiger partial charge in [0.25, 0.3) is 0 Å². The minimum absolute atomic E-state index is 0.0557. The SMILES string of the molecule is O=C(NCCc1ccccc1)Nc1cc(Cl)c(O)c(NC(=O)C2CCCCC2)c1. The molecule has 0 aliphatic heterocycles. The smallest absolute Gasteiger partial charge is 0.319 e. The predicted octanol–water partition coefficient (Wildman–Crippen LogP) is 4.93. The Bertz CT molecular complexity index is 852. The lowest BCUT2D eigenvalue weighted by Crippen LogP contribution is -2.30. The number of hydrogen-bond acceptors (Lipinski definition) is 3. The summed E-state index contributed by atoms with van der Waals surface area (Å²) < 4.78 is 0. The number of carbonyl (C=O) groups is 2. The van der Waals surface area contributed by atoms with Gasteiger partial charge in [0.15, 0.2) is 5.75 Å². The van der Waals surface area contributed by atoms with Crippen LogP contribution < -0.4 is 16.0 Å². The van der Waals surface area contributed by atoms with Crippen LogP contribution >= 0.6 is 11.6 Å². The maximum Gasteiger partial charge on any atom is 0.319 e. The number of phenolic OH excluding ortho intramolecular Hbond substituents is 1. The fourth-order valence-electron chi connectivity index (χ4n) is 3.51. The van der Waals surface area contributed by atoms with Crippen LogP contribution in [0.15, 0.2) is 42.5 Å². The van der Waals surface area contributed by atoms with Crippen LogP contribution in [0.25, 0.3) is 0 Å². The fourth-order valence-corrected chi connectivity index (χ4v) is 3.73. The number of halogens is 1. The first-order chi connectivity index (χ1) is 14.0. The van der Waals surface area contributed by atoms with Crippen molar-refractivity contribution in [2.75, 3.05) is 17.2 Å². The molecule has 1 aliphatic carbocycles. The maximum atomic E-state index is 12.5. The van der Waals surface area contributed by atoms with Crippen molar-refractivity contribution in [2.24, 2.45) is 5.92 Å². The summed E-state index contributed by atoms with van der Waals surface area (Å²) in [6, 6.07) is 12.4. The van der Waals surface area contributed by atoms with Crippen LogP contribution in [-0.2, 0) is 11.2 Å². The molecule has 29 heavy (non-hydrogen) atoms. The van der Waals surface area contributed by atoms with Crippen molar-refractivity contribution in [3.8, 4) is 5.75 Å². The van der Waals surface area contributed by atoms with Gasteiger partial charge in [-0.3, -0.25) is 4.79 Å². The van der Waals surface area contributed by atoms with Crippen molar-refractivity contribution >= 4 is 34.9 Å². The van der Waals surface area contributed by atoms with Gasteiger partial charge in [0, 0.05) is 18.2 Å². The summed E-state index contributed by atoms with van der Waals surface area (Å²) in [6.45, 7) is 0.479. The van der Waals surface area contributed by atoms with E-state index in [9.17, 15) is 14.7 Å². The number of anilines is 2. The summed E-state index contributed by atoms with van der Waals surface area (Å²) in [7, 11) is 0. The van der Waals surface area contributed by atoms with Crippen LogP contribution in [0.2, 0.25) is 5.02 Å². The molecule has 0 spiro atoms. The first-order valence-corrected chi connectivity index (χ1v) is 10.3. The summed E-state index contributed by atoms with van der Waals surface area (Å²) in [5.74, 6) is -0.383. The van der Waals surface area contributed by atoms with Crippen molar-refractivity contribution in [3.63, 3.8) is 0 Å². The zero-order valence-electron chi connectivity index (χ0n) is 16.2. The molecule has 0 atom stereocenters. The van der Waals surface area contributed by atoms with E-state index >= 15 is 0 Å². The number of hydrogen-bond donors (Lipinski definition) is 4. The lowest BCUT2D eigenvalue weighted by molar-refractivity contribution is -0.120. The standard InChI is InChI=1S/C22H26ClN3O3/c23-18-13-17(25-22(29)24-12-11-15-7-3-1-4-8-15)14-19(20(18)27)26-21(28)16-9-5-2-6-10-16/h1,3-4,7-8,13-14,16,27H,2,5-6,9-12H2,(H,26,28)(H2,24,25,29). The number of urea groups is 1. The van der Waals surface area contributed by atoms with Gasteiger partial charge in [0.05, 0.1) is 10.7 Å². The molecule has 1 saturated carbocycles. The average molecular weight is 416 g/mol. The lowest BCUT2D eigenvalue weighted by Gasteiger charge is -2.21.